The van der Waals surface area contributed by atoms with Crippen molar-refractivity contribution >= 4 is 17.7 Å². The molecule has 0 saturated carbocycles. The summed E-state index contributed by atoms with van der Waals surface area (Å²) in [7, 11) is 0. The summed E-state index contributed by atoms with van der Waals surface area (Å²) in [6.45, 7) is 6.44. The predicted octanol–water partition coefficient (Wildman–Crippen LogP) is 2.57. The van der Waals surface area contributed by atoms with Gasteiger partial charge in [0, 0.05) is 24.0 Å². The molecule has 0 aliphatic carbocycles. The van der Waals surface area contributed by atoms with E-state index in [2.05, 4.69) is 15.1 Å². The van der Waals surface area contributed by atoms with Crippen LogP contribution in [0, 0.1) is 0 Å². The van der Waals surface area contributed by atoms with E-state index in [1.807, 2.05) is 27.0 Å². The summed E-state index contributed by atoms with van der Waals surface area (Å²) >= 11 is 5.78. The minimum Gasteiger partial charge on any atom is -0.444 e. The average Bonchev–Trinajstić information content (AvgIpc) is 2.94. The molecule has 0 radical (unpaired) electrons. The molecule has 116 valence electrons. The Labute approximate surface area is 132 Å². The van der Waals surface area contributed by atoms with E-state index >= 15 is 0 Å². The molecule has 1 aliphatic heterocycles. The van der Waals surface area contributed by atoms with Crippen LogP contribution < -0.4 is 0 Å². The van der Waals surface area contributed by atoms with Gasteiger partial charge in [0.05, 0.1) is 18.8 Å². The van der Waals surface area contributed by atoms with Crippen molar-refractivity contribution in [2.75, 3.05) is 0 Å². The summed E-state index contributed by atoms with van der Waals surface area (Å²) in [5, 5.41) is 4.62. The van der Waals surface area contributed by atoms with Gasteiger partial charge >= 0.3 is 6.09 Å². The van der Waals surface area contributed by atoms with Crippen molar-refractivity contribution in [2.24, 2.45) is 0 Å². The van der Waals surface area contributed by atoms with Crippen LogP contribution in [0.15, 0.2) is 18.5 Å². The van der Waals surface area contributed by atoms with Gasteiger partial charge < -0.3 is 4.74 Å². The second-order valence-electron chi connectivity index (χ2n) is 6.07. The van der Waals surface area contributed by atoms with Gasteiger partial charge in [0.25, 0.3) is 0 Å². The van der Waals surface area contributed by atoms with Gasteiger partial charge in [0.2, 0.25) is 5.28 Å². The molecule has 3 rings (SSSR count). The first-order valence-electron chi connectivity index (χ1n) is 6.86. The fourth-order valence-electron chi connectivity index (χ4n) is 2.18. The summed E-state index contributed by atoms with van der Waals surface area (Å²) in [6, 6.07) is 1.72. The monoisotopic (exact) mass is 321 g/mol. The van der Waals surface area contributed by atoms with Crippen LogP contribution in [0.2, 0.25) is 5.28 Å². The van der Waals surface area contributed by atoms with E-state index in [1.54, 1.807) is 21.8 Å². The van der Waals surface area contributed by atoms with Crippen LogP contribution in [0.5, 0.6) is 0 Å². The summed E-state index contributed by atoms with van der Waals surface area (Å²) < 4.78 is 7.01. The van der Waals surface area contributed by atoms with Crippen molar-refractivity contribution in [2.45, 2.75) is 39.5 Å². The third kappa shape index (κ3) is 3.04. The van der Waals surface area contributed by atoms with Gasteiger partial charge in [0.1, 0.15) is 5.60 Å². The molecular weight excluding hydrogens is 306 g/mol. The number of fused-ring (bicyclic) bond motifs is 1. The lowest BCUT2D eigenvalue weighted by atomic mass is 10.2. The van der Waals surface area contributed by atoms with Crippen molar-refractivity contribution < 1.29 is 9.53 Å². The van der Waals surface area contributed by atoms with Gasteiger partial charge in [-0.15, -0.1) is 0 Å². The molecule has 2 aromatic rings. The predicted molar refractivity (Wildman–Crippen MR) is 79.6 cm³/mol. The Kier molecular flexibility index (Phi) is 3.52. The zero-order chi connectivity index (χ0) is 15.9. The molecule has 1 amide bonds. The van der Waals surface area contributed by atoms with Crippen molar-refractivity contribution in [1.29, 1.82) is 0 Å². The highest BCUT2D eigenvalue weighted by Gasteiger charge is 2.30. The van der Waals surface area contributed by atoms with E-state index in [0.717, 1.165) is 11.3 Å². The molecule has 1 aliphatic rings. The molecule has 0 unspecified atom stereocenters. The average molecular weight is 322 g/mol. The number of rotatable bonds is 1. The molecular formula is C14H16ClN5O2. The SMILES string of the molecule is CC(C)(C)OC(=O)N1Cc2cn(-c3ccnc(Cl)n3)nc2C1. The molecule has 3 heterocycles. The Balaban J connectivity index is 1.74. The maximum absolute atomic E-state index is 12.1. The van der Waals surface area contributed by atoms with E-state index in [4.69, 9.17) is 16.3 Å². The van der Waals surface area contributed by atoms with Gasteiger partial charge in [-0.2, -0.15) is 10.1 Å². The van der Waals surface area contributed by atoms with Gasteiger partial charge in [0.15, 0.2) is 5.82 Å². The highest BCUT2D eigenvalue weighted by molar-refractivity contribution is 6.28. The highest BCUT2D eigenvalue weighted by atomic mass is 35.5. The van der Waals surface area contributed by atoms with Crippen molar-refractivity contribution in [3.05, 3.63) is 35.0 Å². The number of aromatic nitrogens is 4. The Morgan fingerprint density at radius 1 is 1.36 bits per heavy atom. The molecule has 2 aromatic heterocycles. The minimum atomic E-state index is -0.505. The Hall–Kier alpha value is -2.15. The number of hydrogen-bond acceptors (Lipinski definition) is 5. The number of ether oxygens (including phenoxy) is 1. The third-order valence-electron chi connectivity index (χ3n) is 3.08. The number of carbonyl (C=O) groups is 1. The van der Waals surface area contributed by atoms with Crippen LogP contribution in [0.25, 0.3) is 5.82 Å². The smallest absolute Gasteiger partial charge is 0.410 e. The largest absolute Gasteiger partial charge is 0.444 e. The lowest BCUT2D eigenvalue weighted by molar-refractivity contribution is 0.0239. The van der Waals surface area contributed by atoms with Crippen LogP contribution in [-0.2, 0) is 17.8 Å². The lowest BCUT2D eigenvalue weighted by Crippen LogP contribution is -2.33. The Morgan fingerprint density at radius 3 is 2.77 bits per heavy atom. The minimum absolute atomic E-state index is 0.170. The van der Waals surface area contributed by atoms with Gasteiger partial charge in [-0.1, -0.05) is 0 Å². The number of amides is 1. The maximum atomic E-state index is 12.1. The zero-order valence-corrected chi connectivity index (χ0v) is 13.3. The third-order valence-corrected chi connectivity index (χ3v) is 3.26. The summed E-state index contributed by atoms with van der Waals surface area (Å²) in [5.74, 6) is 0.596. The molecule has 0 atom stereocenters. The number of halogens is 1. The molecule has 0 fully saturated rings. The van der Waals surface area contributed by atoms with Crippen LogP contribution in [0.4, 0.5) is 4.79 Å². The highest BCUT2D eigenvalue weighted by Crippen LogP contribution is 2.24. The van der Waals surface area contributed by atoms with Crippen LogP contribution in [-0.4, -0.2) is 36.3 Å². The standard InChI is InChI=1S/C14H16ClN5O2/c1-14(2,3)22-13(21)19-6-9-7-20(18-10(9)8-19)11-4-5-16-12(15)17-11/h4-5,7H,6,8H2,1-3H3. The molecule has 0 bridgehead atoms. The Bertz CT molecular complexity index is 699. The summed E-state index contributed by atoms with van der Waals surface area (Å²) in [6.07, 6.45) is 3.09. The van der Waals surface area contributed by atoms with Crippen LogP contribution >= 0.6 is 11.6 Å². The summed E-state index contributed by atoms with van der Waals surface area (Å²) in [4.78, 5) is 21.6. The van der Waals surface area contributed by atoms with Crippen LogP contribution in [0.3, 0.4) is 0 Å². The number of hydrogen-bond donors (Lipinski definition) is 0. The normalized spacial score (nSPS) is 14.1. The quantitative estimate of drug-likeness (QED) is 0.755. The second kappa shape index (κ2) is 5.24. The molecule has 7 nitrogen and oxygen atoms in total. The van der Waals surface area contributed by atoms with E-state index in [-0.39, 0.29) is 11.4 Å². The van der Waals surface area contributed by atoms with Gasteiger partial charge in [-0.3, -0.25) is 4.90 Å². The molecule has 22 heavy (non-hydrogen) atoms. The van der Waals surface area contributed by atoms with E-state index in [0.29, 0.717) is 18.9 Å². The van der Waals surface area contributed by atoms with E-state index in [9.17, 15) is 4.79 Å². The lowest BCUT2D eigenvalue weighted by Gasteiger charge is -2.24. The van der Waals surface area contributed by atoms with Crippen molar-refractivity contribution in [3.63, 3.8) is 0 Å². The van der Waals surface area contributed by atoms with Crippen molar-refractivity contribution in [1.82, 2.24) is 24.6 Å². The van der Waals surface area contributed by atoms with Crippen LogP contribution in [0.1, 0.15) is 32.0 Å². The topological polar surface area (TPSA) is 73.1 Å². The zero-order valence-electron chi connectivity index (χ0n) is 12.6. The Morgan fingerprint density at radius 2 is 2.14 bits per heavy atom. The molecule has 0 spiro atoms. The fourth-order valence-corrected chi connectivity index (χ4v) is 2.32. The van der Waals surface area contributed by atoms with E-state index in [1.165, 1.54) is 0 Å². The number of carbonyl (C=O) groups excluding carboxylic acids is 1. The molecule has 0 aromatic carbocycles. The first-order chi connectivity index (χ1) is 10.3. The molecule has 0 N–H and O–H groups in total. The first kappa shape index (κ1) is 14.8. The van der Waals surface area contributed by atoms with Crippen molar-refractivity contribution in [3.8, 4) is 5.82 Å². The summed E-state index contributed by atoms with van der Waals surface area (Å²) in [5.41, 5.74) is 1.30. The van der Waals surface area contributed by atoms with E-state index < -0.39 is 5.60 Å². The second-order valence-corrected chi connectivity index (χ2v) is 6.40. The maximum Gasteiger partial charge on any atom is 0.410 e. The molecule has 8 heteroatoms. The molecule has 0 saturated heterocycles. The van der Waals surface area contributed by atoms with Gasteiger partial charge in [-0.25, -0.2) is 14.5 Å². The van der Waals surface area contributed by atoms with Gasteiger partial charge in [-0.05, 0) is 32.4 Å². The first-order valence-corrected chi connectivity index (χ1v) is 7.24. The number of nitrogens with zero attached hydrogens (tertiary/aromatic N) is 5. The fraction of sp³-hybridized carbons (Fsp3) is 0.429.